The van der Waals surface area contributed by atoms with Crippen LogP contribution in [0.15, 0.2) is 24.4 Å². The minimum atomic E-state index is 0.0773. The Morgan fingerprint density at radius 2 is 1.84 bits per heavy atom. The van der Waals surface area contributed by atoms with Crippen molar-refractivity contribution in [3.8, 4) is 0 Å². The van der Waals surface area contributed by atoms with Crippen LogP contribution >= 0.6 is 22.6 Å². The van der Waals surface area contributed by atoms with Gasteiger partial charge in [-0.05, 0) is 111 Å². The molecule has 1 atom stereocenters. The zero-order valence-electron chi connectivity index (χ0n) is 21.9. The van der Waals surface area contributed by atoms with Gasteiger partial charge in [0.05, 0.1) is 9.61 Å². The number of rotatable bonds is 6. The first kappa shape index (κ1) is 25.9. The summed E-state index contributed by atoms with van der Waals surface area (Å²) in [6.07, 6.45) is 5.94. The van der Waals surface area contributed by atoms with Crippen LogP contribution in [-0.4, -0.2) is 68.6 Å². The van der Waals surface area contributed by atoms with E-state index in [1.807, 2.05) is 13.0 Å². The van der Waals surface area contributed by atoms with Gasteiger partial charge in [-0.3, -0.25) is 14.8 Å². The molecule has 3 aromatic rings. The first-order valence-corrected chi connectivity index (χ1v) is 14.0. The second-order valence-electron chi connectivity index (χ2n) is 10.3. The summed E-state index contributed by atoms with van der Waals surface area (Å²) in [7, 11) is 2.07. The monoisotopic (exact) mass is 614 g/mol. The third kappa shape index (κ3) is 5.74. The maximum Gasteiger partial charge on any atom is 0.239 e. The Kier molecular flexibility index (Phi) is 7.66. The molecule has 2 aliphatic rings. The first-order chi connectivity index (χ1) is 17.8. The topological polar surface area (TPSA) is 102 Å². The fraction of sp³-hybridized carbons (Fsp3) is 0.481. The van der Waals surface area contributed by atoms with Crippen molar-refractivity contribution in [3.63, 3.8) is 0 Å². The third-order valence-electron chi connectivity index (χ3n) is 7.61. The largest absolute Gasteiger partial charge is 0.341 e. The number of aromatic nitrogens is 4. The van der Waals surface area contributed by atoms with Crippen LogP contribution in [0.25, 0.3) is 0 Å². The molecule has 0 unspecified atom stereocenters. The lowest BCUT2D eigenvalue weighted by atomic mass is 9.85. The van der Waals surface area contributed by atoms with Gasteiger partial charge >= 0.3 is 0 Å². The fourth-order valence-electron chi connectivity index (χ4n) is 5.50. The summed E-state index contributed by atoms with van der Waals surface area (Å²) in [5.41, 5.74) is 5.78. The Morgan fingerprint density at radius 3 is 2.51 bits per heavy atom. The van der Waals surface area contributed by atoms with Crippen LogP contribution in [-0.2, 0) is 4.79 Å². The van der Waals surface area contributed by atoms with Crippen molar-refractivity contribution < 1.29 is 4.79 Å². The number of halogens is 1. The lowest BCUT2D eigenvalue weighted by Gasteiger charge is -2.35. The molecule has 1 amide bonds. The van der Waals surface area contributed by atoms with E-state index in [0.717, 1.165) is 71.7 Å². The molecule has 0 bridgehead atoms. The summed E-state index contributed by atoms with van der Waals surface area (Å²) in [6.45, 7) is 8.97. The van der Waals surface area contributed by atoms with E-state index in [-0.39, 0.29) is 6.04 Å². The number of anilines is 4. The highest BCUT2D eigenvalue weighted by Gasteiger charge is 2.33. The van der Waals surface area contributed by atoms with Crippen LogP contribution in [0.2, 0.25) is 0 Å². The molecule has 5 rings (SSSR count). The second kappa shape index (κ2) is 10.9. The van der Waals surface area contributed by atoms with E-state index in [9.17, 15) is 4.79 Å². The lowest BCUT2D eigenvalue weighted by molar-refractivity contribution is -0.136. The van der Waals surface area contributed by atoms with Gasteiger partial charge in [0.2, 0.25) is 11.9 Å². The van der Waals surface area contributed by atoms with Gasteiger partial charge in [-0.2, -0.15) is 10.1 Å². The van der Waals surface area contributed by atoms with Crippen molar-refractivity contribution >= 4 is 51.8 Å². The molecule has 2 fully saturated rings. The highest BCUT2D eigenvalue weighted by Crippen LogP contribution is 2.34. The van der Waals surface area contributed by atoms with Gasteiger partial charge in [-0.25, -0.2) is 4.98 Å². The highest BCUT2D eigenvalue weighted by atomic mass is 127. The van der Waals surface area contributed by atoms with E-state index in [1.54, 1.807) is 6.20 Å². The van der Waals surface area contributed by atoms with Crippen molar-refractivity contribution in [2.75, 3.05) is 37.3 Å². The molecule has 1 aromatic carbocycles. The van der Waals surface area contributed by atoms with Crippen LogP contribution in [0, 0.1) is 24.3 Å². The molecule has 2 aromatic heterocycles. The molecule has 2 saturated heterocycles. The number of likely N-dealkylation sites (N-methyl/N-ethyl adjacent to an activating group) is 1. The number of carbonyl (C=O) groups excluding carboxylic acids is 1. The Bertz CT molecular complexity index is 1280. The van der Waals surface area contributed by atoms with Crippen molar-refractivity contribution in [1.82, 2.24) is 30.0 Å². The molecular formula is C27H35IN8O. The minimum absolute atomic E-state index is 0.0773. The van der Waals surface area contributed by atoms with E-state index in [0.29, 0.717) is 23.6 Å². The molecule has 9 nitrogen and oxygen atoms in total. The van der Waals surface area contributed by atoms with Crippen molar-refractivity contribution in [2.24, 2.45) is 0 Å². The van der Waals surface area contributed by atoms with Crippen LogP contribution in [0.1, 0.15) is 54.0 Å². The quantitative estimate of drug-likeness (QED) is 0.336. The number of aryl methyl sites for hydroxylation is 3. The maximum atomic E-state index is 13.0. The first-order valence-electron chi connectivity index (χ1n) is 13.0. The van der Waals surface area contributed by atoms with Crippen LogP contribution < -0.4 is 10.6 Å². The van der Waals surface area contributed by atoms with Gasteiger partial charge in [0, 0.05) is 36.7 Å². The molecule has 3 N–H and O–H groups in total. The van der Waals surface area contributed by atoms with E-state index >= 15 is 0 Å². The summed E-state index contributed by atoms with van der Waals surface area (Å²) in [6, 6.07) is 6.50. The number of amides is 1. The summed E-state index contributed by atoms with van der Waals surface area (Å²) in [5, 5.41) is 13.8. The maximum absolute atomic E-state index is 13.0. The number of hydrogen-bond acceptors (Lipinski definition) is 7. The van der Waals surface area contributed by atoms with Crippen LogP contribution in [0.4, 0.5) is 23.3 Å². The molecule has 0 aliphatic carbocycles. The Labute approximate surface area is 232 Å². The number of likely N-dealkylation sites (tertiary alicyclic amines) is 2. The van der Waals surface area contributed by atoms with Crippen molar-refractivity contribution in [2.45, 2.75) is 58.4 Å². The molecular weight excluding hydrogens is 579 g/mol. The van der Waals surface area contributed by atoms with Crippen molar-refractivity contribution in [1.29, 1.82) is 0 Å². The molecule has 10 heteroatoms. The zero-order valence-corrected chi connectivity index (χ0v) is 24.1. The van der Waals surface area contributed by atoms with Crippen LogP contribution in [0.3, 0.4) is 0 Å². The average molecular weight is 615 g/mol. The fourth-order valence-corrected chi connectivity index (χ4v) is 5.89. The standard InChI is InChI=1S/C27H35IN8O/c1-16-13-22(30-27-29-15-21(28)25(32-27)31-24-14-18(3)33-34-24)17(2)12-20(16)19-7-10-36(11-8-19)26(37)23-6-5-9-35(23)4/h12-15,19,23H,5-11H2,1-4H3,(H3,29,30,31,32,33,34)/t23-/m0/s1. The number of nitrogens with one attached hydrogen (secondary N) is 3. The highest BCUT2D eigenvalue weighted by molar-refractivity contribution is 14.1. The number of nitrogens with zero attached hydrogens (tertiary/aromatic N) is 5. The summed E-state index contributed by atoms with van der Waals surface area (Å²) in [4.78, 5) is 26.5. The summed E-state index contributed by atoms with van der Waals surface area (Å²) < 4.78 is 0.913. The van der Waals surface area contributed by atoms with Crippen molar-refractivity contribution in [3.05, 3.63) is 50.4 Å². The normalized spacial score (nSPS) is 18.8. The molecule has 0 spiro atoms. The zero-order chi connectivity index (χ0) is 26.1. The van der Waals surface area contributed by atoms with Gasteiger partial charge in [0.1, 0.15) is 0 Å². The predicted molar refractivity (Wildman–Crippen MR) is 155 cm³/mol. The van der Waals surface area contributed by atoms with Gasteiger partial charge < -0.3 is 15.5 Å². The summed E-state index contributed by atoms with van der Waals surface area (Å²) >= 11 is 2.22. The van der Waals surface area contributed by atoms with E-state index in [4.69, 9.17) is 0 Å². The average Bonchev–Trinajstić information content (AvgIpc) is 3.50. The minimum Gasteiger partial charge on any atom is -0.341 e. The van der Waals surface area contributed by atoms with Crippen LogP contribution in [0.5, 0.6) is 0 Å². The Hall–Kier alpha value is -2.73. The number of piperidine rings is 1. The van der Waals surface area contributed by atoms with Gasteiger partial charge in [-0.15, -0.1) is 0 Å². The number of H-pyrrole nitrogens is 1. The lowest BCUT2D eigenvalue weighted by Crippen LogP contribution is -2.47. The van der Waals surface area contributed by atoms with Gasteiger partial charge in [-0.1, -0.05) is 6.07 Å². The third-order valence-corrected chi connectivity index (χ3v) is 8.40. The Balaban J connectivity index is 1.25. The SMILES string of the molecule is Cc1cc(Nc2nc(Nc3cc(C)c(C4CCN(C(=O)[C@@H]5CCCN5C)CC4)cc3C)ncc2I)n[nH]1. The molecule has 37 heavy (non-hydrogen) atoms. The number of aromatic amines is 1. The summed E-state index contributed by atoms with van der Waals surface area (Å²) in [5.74, 6) is 2.76. The van der Waals surface area contributed by atoms with E-state index in [2.05, 4.69) is 96.2 Å². The van der Waals surface area contributed by atoms with E-state index < -0.39 is 0 Å². The molecule has 196 valence electrons. The number of benzene rings is 1. The molecule has 0 radical (unpaired) electrons. The molecule has 2 aliphatic heterocycles. The molecule has 4 heterocycles. The Morgan fingerprint density at radius 1 is 1.05 bits per heavy atom. The smallest absolute Gasteiger partial charge is 0.239 e. The molecule has 0 saturated carbocycles. The number of hydrogen-bond donors (Lipinski definition) is 3. The number of carbonyl (C=O) groups is 1. The van der Waals surface area contributed by atoms with Gasteiger partial charge in [0.15, 0.2) is 11.6 Å². The van der Waals surface area contributed by atoms with E-state index in [1.165, 1.54) is 11.1 Å². The second-order valence-corrected chi connectivity index (χ2v) is 11.5. The predicted octanol–water partition coefficient (Wildman–Crippen LogP) is 5.02. The van der Waals surface area contributed by atoms with Gasteiger partial charge in [0.25, 0.3) is 0 Å².